The Morgan fingerprint density at radius 2 is 0.686 bits per heavy atom. The quantitative estimate of drug-likeness (QED) is 0.165. The topological polar surface area (TPSA) is 3.24 Å². The zero-order chi connectivity index (χ0) is 37.5. The highest BCUT2D eigenvalue weighted by atomic mass is 15.1. The van der Waals surface area contributed by atoms with Crippen LogP contribution in [0.3, 0.4) is 0 Å². The van der Waals surface area contributed by atoms with Crippen LogP contribution in [0.2, 0.25) is 0 Å². The molecule has 1 heteroatoms. The molecular formula is C50H35N. The second kappa shape index (κ2) is 13.3. The molecule has 0 aliphatic carbocycles. The summed E-state index contributed by atoms with van der Waals surface area (Å²) in [5.74, 6) is 0. The van der Waals surface area contributed by atoms with Crippen molar-refractivity contribution >= 4 is 38.6 Å². The van der Waals surface area contributed by atoms with Crippen molar-refractivity contribution in [1.29, 1.82) is 0 Å². The van der Waals surface area contributed by atoms with Crippen molar-refractivity contribution in [3.05, 3.63) is 212 Å². The maximum absolute atomic E-state index is 9.66. The molecule has 9 rings (SSSR count). The van der Waals surface area contributed by atoms with Crippen molar-refractivity contribution in [1.82, 2.24) is 0 Å². The number of hydrogen-bond donors (Lipinski definition) is 0. The van der Waals surface area contributed by atoms with Gasteiger partial charge < -0.3 is 4.90 Å². The molecule has 51 heavy (non-hydrogen) atoms. The third kappa shape index (κ3) is 6.18. The molecule has 9 aromatic carbocycles. The van der Waals surface area contributed by atoms with E-state index in [1.807, 2.05) is 102 Å². The highest BCUT2D eigenvalue weighted by molar-refractivity contribution is 5.90. The predicted octanol–water partition coefficient (Wildman–Crippen LogP) is 14.1. The fraction of sp³-hybridized carbons (Fsp3) is 0. The Hall–Kier alpha value is -6.70. The van der Waals surface area contributed by atoms with Gasteiger partial charge in [-0.2, -0.15) is 0 Å². The van der Waals surface area contributed by atoms with Gasteiger partial charge in [0.2, 0.25) is 0 Å². The van der Waals surface area contributed by atoms with Crippen molar-refractivity contribution in [3.63, 3.8) is 0 Å². The Bertz CT molecular complexity index is 2830. The number of rotatable bonds is 7. The van der Waals surface area contributed by atoms with Gasteiger partial charge in [0.05, 0.1) is 5.48 Å². The highest BCUT2D eigenvalue weighted by Gasteiger charge is 2.15. The highest BCUT2D eigenvalue weighted by Crippen LogP contribution is 2.39. The van der Waals surface area contributed by atoms with E-state index in [1.54, 1.807) is 0 Å². The molecule has 0 aliphatic heterocycles. The van der Waals surface area contributed by atoms with Crippen LogP contribution in [-0.4, -0.2) is 0 Å². The maximum atomic E-state index is 9.66. The molecule has 0 fully saturated rings. The van der Waals surface area contributed by atoms with Crippen LogP contribution < -0.4 is 4.90 Å². The standard InChI is InChI=1S/C50H35N/c1-2-9-36(10-3-1)39-17-19-40(20-18-39)41-25-29-48(30-26-41)51(49-31-27-42(28-32-49)46-23-21-37-11-4-6-13-43(37)33-46)50-16-8-15-45(35-50)47-24-22-38-12-5-7-14-44(38)34-47/h1-35H/i8D,15D,16D,35D. The molecule has 0 aliphatic rings. The van der Waals surface area contributed by atoms with Gasteiger partial charge in [0.1, 0.15) is 0 Å². The Labute approximate surface area is 305 Å². The van der Waals surface area contributed by atoms with E-state index in [1.165, 1.54) is 10.9 Å². The van der Waals surface area contributed by atoms with Gasteiger partial charge in [-0.25, -0.2) is 0 Å². The zero-order valence-electron chi connectivity index (χ0n) is 31.8. The monoisotopic (exact) mass is 653 g/mol. The lowest BCUT2D eigenvalue weighted by Gasteiger charge is -2.26. The lowest BCUT2D eigenvalue weighted by atomic mass is 9.99. The average molecular weight is 654 g/mol. The summed E-state index contributed by atoms with van der Waals surface area (Å²) in [4.78, 5) is 1.89. The third-order valence-electron chi connectivity index (χ3n) is 9.53. The predicted molar refractivity (Wildman–Crippen MR) is 218 cm³/mol. The SMILES string of the molecule is [2H]c1c([2H])c(-c2ccc3ccccc3c2)c([2H])c(N(c2ccc(-c3ccc(-c4ccccc4)cc3)cc2)c2ccc(-c3ccc4ccccc4c3)cc2)c1[2H]. The summed E-state index contributed by atoms with van der Waals surface area (Å²) >= 11 is 0. The minimum absolute atomic E-state index is 0.0282. The summed E-state index contributed by atoms with van der Waals surface area (Å²) in [5.41, 5.74) is 9.29. The third-order valence-corrected chi connectivity index (χ3v) is 9.53. The molecule has 0 unspecified atom stereocenters. The van der Waals surface area contributed by atoms with E-state index in [2.05, 4.69) is 91.0 Å². The van der Waals surface area contributed by atoms with Gasteiger partial charge in [0, 0.05) is 17.1 Å². The minimum atomic E-state index is -0.220. The van der Waals surface area contributed by atoms with Crippen molar-refractivity contribution in [2.75, 3.05) is 4.90 Å². The maximum Gasteiger partial charge on any atom is 0.0651 e. The van der Waals surface area contributed by atoms with Crippen LogP contribution in [0.5, 0.6) is 0 Å². The summed E-state index contributed by atoms with van der Waals surface area (Å²) in [6.45, 7) is 0. The Kier molecular flexibility index (Phi) is 6.84. The smallest absolute Gasteiger partial charge is 0.0651 e. The molecule has 0 bridgehead atoms. The summed E-state index contributed by atoms with van der Waals surface area (Å²) in [5, 5.41) is 4.38. The van der Waals surface area contributed by atoms with E-state index in [0.29, 0.717) is 11.1 Å². The Morgan fingerprint density at radius 1 is 0.294 bits per heavy atom. The summed E-state index contributed by atoms with van der Waals surface area (Å²) in [6.07, 6.45) is 0. The first-order valence-corrected chi connectivity index (χ1v) is 17.2. The molecule has 0 aromatic heterocycles. The van der Waals surface area contributed by atoms with E-state index < -0.39 is 0 Å². The minimum Gasteiger partial charge on any atom is -0.310 e. The van der Waals surface area contributed by atoms with Gasteiger partial charge in [0.15, 0.2) is 0 Å². The zero-order valence-corrected chi connectivity index (χ0v) is 27.8. The summed E-state index contributed by atoms with van der Waals surface area (Å²) < 4.78 is 36.9. The van der Waals surface area contributed by atoms with Crippen LogP contribution in [0.25, 0.3) is 66.1 Å². The molecule has 1 nitrogen and oxygen atoms in total. The number of benzene rings is 9. The van der Waals surface area contributed by atoms with E-state index in [4.69, 9.17) is 2.74 Å². The normalized spacial score (nSPS) is 12.2. The van der Waals surface area contributed by atoms with E-state index in [9.17, 15) is 2.74 Å². The fourth-order valence-electron chi connectivity index (χ4n) is 6.80. The van der Waals surface area contributed by atoms with Crippen LogP contribution in [0.4, 0.5) is 17.1 Å². The second-order valence-electron chi connectivity index (χ2n) is 12.7. The number of nitrogens with zero attached hydrogens (tertiary/aromatic N) is 1. The van der Waals surface area contributed by atoms with Gasteiger partial charge in [-0.3, -0.25) is 0 Å². The van der Waals surface area contributed by atoms with Gasteiger partial charge in [0.25, 0.3) is 0 Å². The van der Waals surface area contributed by atoms with Gasteiger partial charge in [-0.1, -0.05) is 164 Å². The van der Waals surface area contributed by atoms with Gasteiger partial charge >= 0.3 is 0 Å². The lowest BCUT2D eigenvalue weighted by molar-refractivity contribution is 1.28. The van der Waals surface area contributed by atoms with Crippen molar-refractivity contribution in [2.45, 2.75) is 0 Å². The van der Waals surface area contributed by atoms with E-state index in [-0.39, 0.29) is 29.9 Å². The number of fused-ring (bicyclic) bond motifs is 2. The van der Waals surface area contributed by atoms with Crippen LogP contribution in [-0.2, 0) is 0 Å². The molecule has 0 atom stereocenters. The molecule has 0 N–H and O–H groups in total. The molecule has 0 saturated carbocycles. The Balaban J connectivity index is 1.16. The van der Waals surface area contributed by atoms with Gasteiger partial charge in [-0.15, -0.1) is 0 Å². The second-order valence-corrected chi connectivity index (χ2v) is 12.7. The first-order chi connectivity index (χ1) is 26.9. The summed E-state index contributed by atoms with van der Waals surface area (Å²) in [6, 6.07) is 63.2. The van der Waals surface area contributed by atoms with Gasteiger partial charge in [-0.05, 0) is 115 Å². The molecule has 0 radical (unpaired) electrons. The fourth-order valence-corrected chi connectivity index (χ4v) is 6.80. The van der Waals surface area contributed by atoms with Crippen LogP contribution in [0.1, 0.15) is 5.48 Å². The van der Waals surface area contributed by atoms with Crippen LogP contribution in [0.15, 0.2) is 212 Å². The van der Waals surface area contributed by atoms with Crippen molar-refractivity contribution < 1.29 is 5.48 Å². The van der Waals surface area contributed by atoms with Crippen LogP contribution in [0, 0.1) is 0 Å². The van der Waals surface area contributed by atoms with E-state index >= 15 is 0 Å². The Morgan fingerprint density at radius 3 is 1.22 bits per heavy atom. The molecule has 0 heterocycles. The molecule has 0 amide bonds. The molecule has 0 spiro atoms. The number of hydrogen-bond acceptors (Lipinski definition) is 1. The first-order valence-electron chi connectivity index (χ1n) is 19.2. The largest absolute Gasteiger partial charge is 0.310 e. The molecule has 240 valence electrons. The molecular weight excluding hydrogens is 615 g/mol. The van der Waals surface area contributed by atoms with E-state index in [0.717, 1.165) is 55.4 Å². The first kappa shape index (κ1) is 26.2. The van der Waals surface area contributed by atoms with Crippen molar-refractivity contribution in [3.8, 4) is 44.5 Å². The summed E-state index contributed by atoms with van der Waals surface area (Å²) in [7, 11) is 0. The number of anilines is 3. The average Bonchev–Trinajstić information content (AvgIpc) is 3.25. The lowest BCUT2D eigenvalue weighted by Crippen LogP contribution is -2.10. The van der Waals surface area contributed by atoms with Crippen molar-refractivity contribution in [2.24, 2.45) is 0 Å². The van der Waals surface area contributed by atoms with Crippen LogP contribution >= 0.6 is 0 Å². The molecule has 9 aromatic rings. The molecule has 0 saturated heterocycles.